The van der Waals surface area contributed by atoms with Crippen LogP contribution in [-0.4, -0.2) is 26.7 Å². The smallest absolute Gasteiger partial charge is 0.412 e. The Morgan fingerprint density at radius 3 is 2.74 bits per heavy atom. The number of hydrogen-bond donors (Lipinski definition) is 2. The summed E-state index contributed by atoms with van der Waals surface area (Å²) in [7, 11) is 1.78. The molecule has 0 aliphatic rings. The van der Waals surface area contributed by atoms with E-state index in [-0.39, 0.29) is 5.69 Å². The molecule has 0 saturated heterocycles. The van der Waals surface area contributed by atoms with Crippen molar-refractivity contribution in [1.29, 1.82) is 0 Å². The molecule has 2 rings (SSSR count). The maximum absolute atomic E-state index is 13.8. The number of benzene rings is 1. The van der Waals surface area contributed by atoms with Crippen molar-refractivity contribution in [2.75, 3.05) is 10.6 Å². The van der Waals surface area contributed by atoms with Gasteiger partial charge in [0.05, 0.1) is 12.2 Å². The quantitative estimate of drug-likeness (QED) is 0.905. The van der Waals surface area contributed by atoms with Gasteiger partial charge in [0.25, 0.3) is 0 Å². The molecule has 0 bridgehead atoms. The van der Waals surface area contributed by atoms with Gasteiger partial charge in [-0.3, -0.25) is 10.00 Å². The lowest BCUT2D eigenvalue weighted by atomic mass is 10.2. The molecule has 8 heteroatoms. The number of hydrogen-bond acceptors (Lipinski definition) is 5. The van der Waals surface area contributed by atoms with Crippen LogP contribution in [-0.2, 0) is 18.3 Å². The molecule has 0 unspecified atom stereocenters. The van der Waals surface area contributed by atoms with E-state index in [4.69, 9.17) is 4.74 Å². The van der Waals surface area contributed by atoms with Crippen LogP contribution in [0.1, 0.15) is 26.5 Å². The predicted molar refractivity (Wildman–Crippen MR) is 84.6 cm³/mol. The minimum absolute atomic E-state index is 0.0448. The summed E-state index contributed by atoms with van der Waals surface area (Å²) in [4.78, 5) is 11.7. The van der Waals surface area contributed by atoms with Crippen LogP contribution in [0, 0.1) is 5.82 Å². The van der Waals surface area contributed by atoms with E-state index in [9.17, 15) is 9.18 Å². The van der Waals surface area contributed by atoms with Gasteiger partial charge in [0, 0.05) is 18.9 Å². The number of rotatable bonds is 4. The third-order valence-electron chi connectivity index (χ3n) is 2.73. The Labute approximate surface area is 133 Å². The van der Waals surface area contributed by atoms with Gasteiger partial charge in [-0.05, 0) is 39.0 Å². The van der Waals surface area contributed by atoms with Gasteiger partial charge in [0.2, 0.25) is 0 Å². The van der Waals surface area contributed by atoms with E-state index in [1.54, 1.807) is 44.8 Å². The standard InChI is InChI=1S/C15H20FN5O2/c1-15(2,3)23-14(22)18-13-7-10(5-6-12(13)16)17-8-11-9-21(4)20-19-11/h5-7,9,17H,8H2,1-4H3,(H,18,22). The van der Waals surface area contributed by atoms with E-state index in [0.717, 1.165) is 5.69 Å². The molecule has 23 heavy (non-hydrogen) atoms. The fourth-order valence-electron chi connectivity index (χ4n) is 1.81. The molecule has 0 saturated carbocycles. The van der Waals surface area contributed by atoms with Crippen LogP contribution in [0.25, 0.3) is 0 Å². The summed E-state index contributed by atoms with van der Waals surface area (Å²) in [6.45, 7) is 5.65. The van der Waals surface area contributed by atoms with Crippen molar-refractivity contribution < 1.29 is 13.9 Å². The van der Waals surface area contributed by atoms with E-state index in [1.165, 1.54) is 12.1 Å². The molecule has 0 aliphatic heterocycles. The number of halogens is 1. The zero-order valence-electron chi connectivity index (χ0n) is 13.6. The summed E-state index contributed by atoms with van der Waals surface area (Å²) in [6.07, 6.45) is 1.07. The second-order valence-electron chi connectivity index (χ2n) is 6.06. The summed E-state index contributed by atoms with van der Waals surface area (Å²) < 4.78 is 20.5. The molecule has 1 heterocycles. The monoisotopic (exact) mass is 321 g/mol. The molecule has 0 atom stereocenters. The molecule has 2 aromatic rings. The van der Waals surface area contributed by atoms with Crippen LogP contribution in [0.15, 0.2) is 24.4 Å². The first kappa shape index (κ1) is 16.7. The average Bonchev–Trinajstić information content (AvgIpc) is 2.83. The van der Waals surface area contributed by atoms with Crippen molar-refractivity contribution in [3.05, 3.63) is 35.9 Å². The number of aryl methyl sites for hydroxylation is 1. The highest BCUT2D eigenvalue weighted by Crippen LogP contribution is 2.21. The minimum atomic E-state index is -0.706. The van der Waals surface area contributed by atoms with E-state index in [0.29, 0.717) is 12.2 Å². The summed E-state index contributed by atoms with van der Waals surface area (Å²) in [6, 6.07) is 4.34. The predicted octanol–water partition coefficient (Wildman–Crippen LogP) is 2.91. The van der Waals surface area contributed by atoms with Crippen molar-refractivity contribution in [3.63, 3.8) is 0 Å². The van der Waals surface area contributed by atoms with Crippen LogP contribution >= 0.6 is 0 Å². The van der Waals surface area contributed by atoms with Crippen molar-refractivity contribution in [2.24, 2.45) is 7.05 Å². The Kier molecular flexibility index (Phi) is 4.83. The van der Waals surface area contributed by atoms with Gasteiger partial charge >= 0.3 is 6.09 Å². The first-order valence-corrected chi connectivity index (χ1v) is 7.11. The summed E-state index contributed by atoms with van der Waals surface area (Å²) in [5.41, 5.74) is 0.785. The summed E-state index contributed by atoms with van der Waals surface area (Å²) in [5.74, 6) is -0.541. The van der Waals surface area contributed by atoms with Crippen LogP contribution in [0.2, 0.25) is 0 Å². The largest absolute Gasteiger partial charge is 0.444 e. The molecule has 0 aliphatic carbocycles. The average molecular weight is 321 g/mol. The highest BCUT2D eigenvalue weighted by molar-refractivity contribution is 5.85. The lowest BCUT2D eigenvalue weighted by Gasteiger charge is -2.20. The van der Waals surface area contributed by atoms with Crippen LogP contribution < -0.4 is 10.6 Å². The van der Waals surface area contributed by atoms with Crippen molar-refractivity contribution >= 4 is 17.5 Å². The SMILES string of the molecule is Cn1cc(CNc2ccc(F)c(NC(=O)OC(C)(C)C)c2)nn1. The normalized spacial score (nSPS) is 11.2. The first-order valence-electron chi connectivity index (χ1n) is 7.11. The highest BCUT2D eigenvalue weighted by atomic mass is 19.1. The lowest BCUT2D eigenvalue weighted by molar-refractivity contribution is 0.0635. The third kappa shape index (κ3) is 5.24. The van der Waals surface area contributed by atoms with E-state index in [2.05, 4.69) is 20.9 Å². The highest BCUT2D eigenvalue weighted by Gasteiger charge is 2.17. The molecule has 7 nitrogen and oxygen atoms in total. The Hall–Kier alpha value is -2.64. The maximum atomic E-state index is 13.8. The number of amides is 1. The van der Waals surface area contributed by atoms with Crippen molar-refractivity contribution in [3.8, 4) is 0 Å². The number of carbonyl (C=O) groups excluding carboxylic acids is 1. The van der Waals surface area contributed by atoms with Gasteiger partial charge in [-0.2, -0.15) is 0 Å². The van der Waals surface area contributed by atoms with Gasteiger partial charge in [0.15, 0.2) is 0 Å². The fourth-order valence-corrected chi connectivity index (χ4v) is 1.81. The Bertz CT molecular complexity index is 693. The number of nitrogens with one attached hydrogen (secondary N) is 2. The van der Waals surface area contributed by atoms with Gasteiger partial charge in [0.1, 0.15) is 17.1 Å². The van der Waals surface area contributed by atoms with Crippen LogP contribution in [0.5, 0.6) is 0 Å². The lowest BCUT2D eigenvalue weighted by Crippen LogP contribution is -2.27. The second kappa shape index (κ2) is 6.64. The maximum Gasteiger partial charge on any atom is 0.412 e. The molecular weight excluding hydrogens is 301 g/mol. The summed E-state index contributed by atoms with van der Waals surface area (Å²) >= 11 is 0. The Morgan fingerprint density at radius 2 is 2.13 bits per heavy atom. The van der Waals surface area contributed by atoms with Crippen LogP contribution in [0.4, 0.5) is 20.6 Å². The Balaban J connectivity index is 2.02. The van der Waals surface area contributed by atoms with Gasteiger partial charge in [-0.1, -0.05) is 5.21 Å². The van der Waals surface area contributed by atoms with Crippen LogP contribution in [0.3, 0.4) is 0 Å². The van der Waals surface area contributed by atoms with Gasteiger partial charge in [-0.15, -0.1) is 5.10 Å². The molecule has 1 aromatic heterocycles. The third-order valence-corrected chi connectivity index (χ3v) is 2.73. The molecule has 0 radical (unpaired) electrons. The molecular formula is C15H20FN5O2. The molecule has 0 fully saturated rings. The number of carbonyl (C=O) groups is 1. The van der Waals surface area contributed by atoms with E-state index < -0.39 is 17.5 Å². The van der Waals surface area contributed by atoms with Crippen molar-refractivity contribution in [1.82, 2.24) is 15.0 Å². The van der Waals surface area contributed by atoms with Gasteiger partial charge < -0.3 is 10.1 Å². The van der Waals surface area contributed by atoms with E-state index in [1.807, 2.05) is 0 Å². The summed E-state index contributed by atoms with van der Waals surface area (Å²) in [5, 5.41) is 13.3. The second-order valence-corrected chi connectivity index (χ2v) is 6.06. The number of anilines is 2. The number of ether oxygens (including phenoxy) is 1. The molecule has 1 aromatic carbocycles. The molecule has 0 spiro atoms. The molecule has 124 valence electrons. The minimum Gasteiger partial charge on any atom is -0.444 e. The molecule has 1 amide bonds. The zero-order chi connectivity index (χ0) is 17.0. The Morgan fingerprint density at radius 1 is 1.39 bits per heavy atom. The van der Waals surface area contributed by atoms with Crippen molar-refractivity contribution in [2.45, 2.75) is 32.9 Å². The van der Waals surface area contributed by atoms with E-state index >= 15 is 0 Å². The zero-order valence-corrected chi connectivity index (χ0v) is 13.6. The van der Waals surface area contributed by atoms with Gasteiger partial charge in [-0.25, -0.2) is 9.18 Å². The topological polar surface area (TPSA) is 81.1 Å². The fraction of sp³-hybridized carbons (Fsp3) is 0.400. The molecule has 2 N–H and O–H groups in total. The number of aromatic nitrogens is 3. The number of nitrogens with zero attached hydrogens (tertiary/aromatic N) is 3. The first-order chi connectivity index (χ1) is 10.7.